The standard InChI is InChI=1S/C3H10N2.C3H4O2/c1-5-3-2-4;1-2-3(4)5/h5H,2-4H2,1H3;2H,1H2,(H,4,5). The van der Waals surface area contributed by atoms with Gasteiger partial charge in [-0.05, 0) is 7.05 Å². The topological polar surface area (TPSA) is 75.3 Å². The Morgan fingerprint density at radius 3 is 2.30 bits per heavy atom. The lowest BCUT2D eigenvalue weighted by molar-refractivity contribution is -0.131. The summed E-state index contributed by atoms with van der Waals surface area (Å²) in [6, 6.07) is 0. The van der Waals surface area contributed by atoms with Crippen molar-refractivity contribution in [2.75, 3.05) is 20.1 Å². The average molecular weight is 146 g/mol. The Kier molecular flexibility index (Phi) is 13.1. The fourth-order valence-corrected chi connectivity index (χ4v) is 0.144. The molecule has 0 aromatic rings. The molecule has 0 aliphatic heterocycles. The molecule has 0 saturated carbocycles. The largest absolute Gasteiger partial charge is 0.478 e. The molecule has 0 aromatic heterocycles. The molecule has 4 nitrogen and oxygen atoms in total. The van der Waals surface area contributed by atoms with E-state index in [9.17, 15) is 4.79 Å². The van der Waals surface area contributed by atoms with Crippen molar-refractivity contribution in [3.63, 3.8) is 0 Å². The van der Waals surface area contributed by atoms with Crippen molar-refractivity contribution in [3.8, 4) is 0 Å². The highest BCUT2D eigenvalue weighted by Crippen LogP contribution is 1.54. The lowest BCUT2D eigenvalue weighted by atomic mass is 10.7. The number of likely N-dealkylation sites (N-methyl/N-ethyl adjacent to an activating group) is 1. The SMILES string of the molecule is C=CC(=O)O.CNCCN. The van der Waals surface area contributed by atoms with E-state index >= 15 is 0 Å². The molecule has 10 heavy (non-hydrogen) atoms. The minimum Gasteiger partial charge on any atom is -0.478 e. The van der Waals surface area contributed by atoms with Gasteiger partial charge in [-0.3, -0.25) is 0 Å². The molecule has 4 heteroatoms. The van der Waals surface area contributed by atoms with Crippen LogP contribution in [0.15, 0.2) is 12.7 Å². The van der Waals surface area contributed by atoms with E-state index in [1.807, 2.05) is 7.05 Å². The van der Waals surface area contributed by atoms with Crippen molar-refractivity contribution in [1.82, 2.24) is 5.32 Å². The third-order valence-electron chi connectivity index (χ3n) is 0.569. The summed E-state index contributed by atoms with van der Waals surface area (Å²) in [5.74, 6) is -0.981. The number of nitrogens with one attached hydrogen (secondary N) is 1. The highest BCUT2D eigenvalue weighted by atomic mass is 16.4. The number of aliphatic carboxylic acids is 1. The predicted octanol–water partition coefficient (Wildman–Crippen LogP) is -0.578. The third-order valence-corrected chi connectivity index (χ3v) is 0.569. The Balaban J connectivity index is 0. The average Bonchev–Trinajstić information content (AvgIpc) is 1.91. The van der Waals surface area contributed by atoms with Crippen LogP contribution in [-0.4, -0.2) is 31.2 Å². The maximum atomic E-state index is 9.25. The molecule has 0 bridgehead atoms. The van der Waals surface area contributed by atoms with Gasteiger partial charge in [0.2, 0.25) is 0 Å². The predicted molar refractivity (Wildman–Crippen MR) is 40.8 cm³/mol. The van der Waals surface area contributed by atoms with Crippen LogP contribution >= 0.6 is 0 Å². The normalized spacial score (nSPS) is 7.40. The Bertz CT molecular complexity index is 91.7. The fourth-order valence-electron chi connectivity index (χ4n) is 0.144. The monoisotopic (exact) mass is 146 g/mol. The fraction of sp³-hybridized carbons (Fsp3) is 0.500. The molecule has 0 spiro atoms. The molecule has 0 aliphatic rings. The molecule has 4 N–H and O–H groups in total. The van der Waals surface area contributed by atoms with Crippen LogP contribution in [0.4, 0.5) is 0 Å². The van der Waals surface area contributed by atoms with Crippen LogP contribution in [0.2, 0.25) is 0 Å². The molecule has 0 amide bonds. The molecule has 60 valence electrons. The van der Waals surface area contributed by atoms with E-state index in [0.29, 0.717) is 0 Å². The van der Waals surface area contributed by atoms with Crippen LogP contribution in [0.3, 0.4) is 0 Å². The Morgan fingerprint density at radius 1 is 1.90 bits per heavy atom. The number of carbonyl (C=O) groups is 1. The molecule has 0 heterocycles. The minimum absolute atomic E-state index is 0.733. The van der Waals surface area contributed by atoms with Gasteiger partial charge in [0.05, 0.1) is 0 Å². The summed E-state index contributed by atoms with van der Waals surface area (Å²) in [5, 5.41) is 10.5. The second-order valence-corrected chi connectivity index (χ2v) is 1.43. The first-order chi connectivity index (χ1) is 4.68. The molecule has 0 rings (SSSR count). The summed E-state index contributed by atoms with van der Waals surface area (Å²) in [5.41, 5.74) is 5.08. The van der Waals surface area contributed by atoms with Crippen molar-refractivity contribution in [1.29, 1.82) is 0 Å². The molecule has 0 unspecified atom stereocenters. The zero-order valence-electron chi connectivity index (χ0n) is 6.13. The number of rotatable bonds is 3. The summed E-state index contributed by atoms with van der Waals surface area (Å²) >= 11 is 0. The van der Waals surface area contributed by atoms with Crippen LogP contribution in [-0.2, 0) is 4.79 Å². The lowest BCUT2D eigenvalue weighted by Crippen LogP contribution is -2.17. The van der Waals surface area contributed by atoms with Gasteiger partial charge in [-0.25, -0.2) is 4.79 Å². The van der Waals surface area contributed by atoms with E-state index in [4.69, 9.17) is 10.8 Å². The van der Waals surface area contributed by atoms with Gasteiger partial charge < -0.3 is 16.2 Å². The first kappa shape index (κ1) is 11.9. The van der Waals surface area contributed by atoms with Gasteiger partial charge in [0, 0.05) is 19.2 Å². The number of hydrogen-bond acceptors (Lipinski definition) is 3. The second-order valence-electron chi connectivity index (χ2n) is 1.43. The van der Waals surface area contributed by atoms with E-state index in [2.05, 4.69) is 11.9 Å². The molecule has 0 radical (unpaired) electrons. The number of carboxylic acids is 1. The Labute approximate surface area is 60.7 Å². The zero-order valence-corrected chi connectivity index (χ0v) is 6.13. The van der Waals surface area contributed by atoms with E-state index < -0.39 is 5.97 Å². The minimum atomic E-state index is -0.981. The van der Waals surface area contributed by atoms with Crippen molar-refractivity contribution < 1.29 is 9.90 Å². The van der Waals surface area contributed by atoms with E-state index in [0.717, 1.165) is 19.2 Å². The van der Waals surface area contributed by atoms with Gasteiger partial charge in [0.15, 0.2) is 0 Å². The quantitative estimate of drug-likeness (QED) is 0.466. The molecular formula is C6H14N2O2. The van der Waals surface area contributed by atoms with Crippen LogP contribution in [0.5, 0.6) is 0 Å². The first-order valence-electron chi connectivity index (χ1n) is 2.89. The lowest BCUT2D eigenvalue weighted by Gasteiger charge is -1.85. The third kappa shape index (κ3) is 27.3. The maximum absolute atomic E-state index is 9.25. The molecule has 0 atom stereocenters. The number of nitrogens with two attached hydrogens (primary N) is 1. The van der Waals surface area contributed by atoms with Crippen LogP contribution in [0.1, 0.15) is 0 Å². The molecule has 0 aromatic carbocycles. The highest BCUT2D eigenvalue weighted by molar-refractivity contribution is 5.78. The van der Waals surface area contributed by atoms with Crippen molar-refractivity contribution in [2.45, 2.75) is 0 Å². The maximum Gasteiger partial charge on any atom is 0.327 e. The van der Waals surface area contributed by atoms with Gasteiger partial charge >= 0.3 is 5.97 Å². The molecule has 0 saturated heterocycles. The summed E-state index contributed by atoms with van der Waals surface area (Å²) < 4.78 is 0. The van der Waals surface area contributed by atoms with E-state index in [1.54, 1.807) is 0 Å². The van der Waals surface area contributed by atoms with Crippen LogP contribution < -0.4 is 11.1 Å². The summed E-state index contributed by atoms with van der Waals surface area (Å²) in [4.78, 5) is 9.25. The molecular weight excluding hydrogens is 132 g/mol. The zero-order chi connectivity index (χ0) is 8.41. The summed E-state index contributed by atoms with van der Waals surface area (Å²) in [6.45, 7) is 4.61. The van der Waals surface area contributed by atoms with Gasteiger partial charge in [-0.1, -0.05) is 6.58 Å². The number of hydrogen-bond donors (Lipinski definition) is 3. The molecule has 0 aliphatic carbocycles. The van der Waals surface area contributed by atoms with E-state index in [-0.39, 0.29) is 0 Å². The van der Waals surface area contributed by atoms with Gasteiger partial charge in [0.25, 0.3) is 0 Å². The van der Waals surface area contributed by atoms with Gasteiger partial charge in [-0.2, -0.15) is 0 Å². The summed E-state index contributed by atoms with van der Waals surface area (Å²) in [7, 11) is 1.88. The molecule has 0 fully saturated rings. The smallest absolute Gasteiger partial charge is 0.327 e. The van der Waals surface area contributed by atoms with Crippen molar-refractivity contribution >= 4 is 5.97 Å². The van der Waals surface area contributed by atoms with Crippen molar-refractivity contribution in [3.05, 3.63) is 12.7 Å². The Morgan fingerprint density at radius 2 is 2.30 bits per heavy atom. The van der Waals surface area contributed by atoms with Gasteiger partial charge in [0.1, 0.15) is 0 Å². The second kappa shape index (κ2) is 11.0. The highest BCUT2D eigenvalue weighted by Gasteiger charge is 1.73. The van der Waals surface area contributed by atoms with Crippen LogP contribution in [0.25, 0.3) is 0 Å². The first-order valence-corrected chi connectivity index (χ1v) is 2.89. The van der Waals surface area contributed by atoms with E-state index in [1.165, 1.54) is 0 Å². The summed E-state index contributed by atoms with van der Waals surface area (Å²) in [6.07, 6.45) is 0.833. The van der Waals surface area contributed by atoms with Gasteiger partial charge in [-0.15, -0.1) is 0 Å². The number of carboxylic acid groups (broad SMARTS) is 1. The van der Waals surface area contributed by atoms with Crippen LogP contribution in [0, 0.1) is 0 Å². The van der Waals surface area contributed by atoms with Crippen molar-refractivity contribution in [2.24, 2.45) is 5.73 Å². The Hall–Kier alpha value is -0.870.